The highest BCUT2D eigenvalue weighted by Crippen LogP contribution is 2.24. The molecule has 2 aromatic carbocycles. The fraction of sp³-hybridized carbons (Fsp3) is 0.188. The van der Waals surface area contributed by atoms with Gasteiger partial charge >= 0.3 is 0 Å². The van der Waals surface area contributed by atoms with Crippen molar-refractivity contribution in [2.75, 3.05) is 13.7 Å². The molecule has 0 aliphatic rings. The van der Waals surface area contributed by atoms with Gasteiger partial charge in [0, 0.05) is 12.5 Å². The van der Waals surface area contributed by atoms with Crippen LogP contribution < -0.4 is 4.74 Å². The number of aromatic nitrogens is 2. The smallest absolute Gasteiger partial charge is 0.120 e. The van der Waals surface area contributed by atoms with Crippen molar-refractivity contribution in [2.45, 2.75) is 6.10 Å². The van der Waals surface area contributed by atoms with Gasteiger partial charge < -0.3 is 9.47 Å². The molecule has 108 valence electrons. The van der Waals surface area contributed by atoms with Crippen molar-refractivity contribution >= 4 is 33.5 Å². The minimum atomic E-state index is -0.0784. The Morgan fingerprint density at radius 1 is 1.19 bits per heavy atom. The summed E-state index contributed by atoms with van der Waals surface area (Å²) in [4.78, 5) is 0. The molecule has 0 bridgehead atoms. The van der Waals surface area contributed by atoms with Crippen LogP contribution in [0.15, 0.2) is 48.5 Å². The number of nitrogens with zero attached hydrogens (tertiary/aromatic N) is 1. The quantitative estimate of drug-likeness (QED) is 0.667. The van der Waals surface area contributed by atoms with Crippen LogP contribution in [0.1, 0.15) is 11.7 Å². The normalized spacial score (nSPS) is 12.5. The number of hydrogen-bond donors (Lipinski definition) is 1. The van der Waals surface area contributed by atoms with Crippen LogP contribution in [0, 0.1) is 3.70 Å². The second-order valence-corrected chi connectivity index (χ2v) is 5.74. The van der Waals surface area contributed by atoms with E-state index in [1.165, 1.54) is 0 Å². The number of hydrogen-bond acceptors (Lipinski definition) is 3. The Morgan fingerprint density at radius 2 is 2.00 bits per heavy atom. The molecule has 0 radical (unpaired) electrons. The SMILES string of the molecule is COC(COc1ccc2n[nH]c(I)c2c1)c1ccccc1. The maximum absolute atomic E-state index is 5.88. The molecule has 0 spiro atoms. The minimum absolute atomic E-state index is 0.0784. The van der Waals surface area contributed by atoms with E-state index in [1.807, 2.05) is 48.5 Å². The van der Waals surface area contributed by atoms with E-state index < -0.39 is 0 Å². The van der Waals surface area contributed by atoms with Crippen LogP contribution in [0.3, 0.4) is 0 Å². The third-order valence-electron chi connectivity index (χ3n) is 3.34. The van der Waals surface area contributed by atoms with Gasteiger partial charge in [-0.1, -0.05) is 30.3 Å². The number of benzene rings is 2. The predicted molar refractivity (Wildman–Crippen MR) is 90.5 cm³/mol. The Hall–Kier alpha value is -1.60. The molecule has 21 heavy (non-hydrogen) atoms. The van der Waals surface area contributed by atoms with E-state index in [9.17, 15) is 0 Å². The second kappa shape index (κ2) is 6.44. The Morgan fingerprint density at radius 3 is 2.76 bits per heavy atom. The monoisotopic (exact) mass is 394 g/mol. The van der Waals surface area contributed by atoms with Gasteiger partial charge in [0.2, 0.25) is 0 Å². The van der Waals surface area contributed by atoms with Gasteiger partial charge in [-0.05, 0) is 46.4 Å². The van der Waals surface area contributed by atoms with Crippen molar-refractivity contribution in [1.82, 2.24) is 10.2 Å². The van der Waals surface area contributed by atoms with Gasteiger partial charge in [-0.3, -0.25) is 5.10 Å². The number of halogens is 1. The fourth-order valence-corrected chi connectivity index (χ4v) is 2.74. The van der Waals surface area contributed by atoms with Crippen LogP contribution in [-0.4, -0.2) is 23.9 Å². The molecule has 1 atom stereocenters. The standard InChI is InChI=1S/C16H15IN2O2/c1-20-15(11-5-3-2-4-6-11)10-21-12-7-8-14-13(9-12)16(17)19-18-14/h2-9,15H,10H2,1H3,(H,18,19). The maximum Gasteiger partial charge on any atom is 0.120 e. The van der Waals surface area contributed by atoms with Crippen LogP contribution in [-0.2, 0) is 4.74 Å². The molecule has 1 unspecified atom stereocenters. The summed E-state index contributed by atoms with van der Waals surface area (Å²) < 4.78 is 12.4. The molecule has 0 aliphatic carbocycles. The van der Waals surface area contributed by atoms with E-state index in [4.69, 9.17) is 9.47 Å². The van der Waals surface area contributed by atoms with Gasteiger partial charge in [-0.2, -0.15) is 5.10 Å². The Labute approximate surface area is 136 Å². The molecule has 1 N–H and O–H groups in total. The van der Waals surface area contributed by atoms with Crippen LogP contribution in [0.5, 0.6) is 5.75 Å². The lowest BCUT2D eigenvalue weighted by Crippen LogP contribution is -2.12. The van der Waals surface area contributed by atoms with E-state index in [1.54, 1.807) is 7.11 Å². The highest BCUT2D eigenvalue weighted by molar-refractivity contribution is 14.1. The van der Waals surface area contributed by atoms with E-state index >= 15 is 0 Å². The number of rotatable bonds is 5. The van der Waals surface area contributed by atoms with Crippen LogP contribution in [0.2, 0.25) is 0 Å². The van der Waals surface area contributed by atoms with E-state index in [0.29, 0.717) is 6.61 Å². The lowest BCUT2D eigenvalue weighted by molar-refractivity contribution is 0.0576. The number of fused-ring (bicyclic) bond motifs is 1. The summed E-state index contributed by atoms with van der Waals surface area (Å²) in [7, 11) is 1.70. The van der Waals surface area contributed by atoms with Crippen LogP contribution in [0.25, 0.3) is 10.9 Å². The van der Waals surface area contributed by atoms with Gasteiger partial charge in [0.15, 0.2) is 0 Å². The van der Waals surface area contributed by atoms with Gasteiger partial charge in [0.05, 0.1) is 5.52 Å². The molecule has 1 heterocycles. The number of nitrogens with one attached hydrogen (secondary N) is 1. The van der Waals surface area contributed by atoms with E-state index in [2.05, 4.69) is 32.8 Å². The predicted octanol–water partition coefficient (Wildman–Crippen LogP) is 3.93. The molecule has 3 rings (SSSR count). The molecule has 0 fully saturated rings. The van der Waals surface area contributed by atoms with E-state index in [-0.39, 0.29) is 6.10 Å². The molecule has 3 aromatic rings. The zero-order valence-electron chi connectivity index (χ0n) is 11.5. The average Bonchev–Trinajstić information content (AvgIpc) is 2.90. The largest absolute Gasteiger partial charge is 0.490 e. The van der Waals surface area contributed by atoms with Crippen molar-refractivity contribution in [2.24, 2.45) is 0 Å². The molecular weight excluding hydrogens is 379 g/mol. The Bertz CT molecular complexity index is 727. The molecule has 1 aromatic heterocycles. The summed E-state index contributed by atoms with van der Waals surface area (Å²) in [6.45, 7) is 0.473. The third kappa shape index (κ3) is 3.19. The maximum atomic E-state index is 5.88. The number of aromatic amines is 1. The summed E-state index contributed by atoms with van der Waals surface area (Å²) in [5.41, 5.74) is 2.05. The molecule has 5 heteroatoms. The molecule has 0 saturated heterocycles. The summed E-state index contributed by atoms with van der Waals surface area (Å²) >= 11 is 2.23. The Kier molecular flexibility index (Phi) is 4.40. The first-order valence-corrected chi connectivity index (χ1v) is 7.70. The average molecular weight is 394 g/mol. The first-order valence-electron chi connectivity index (χ1n) is 6.62. The number of H-pyrrole nitrogens is 1. The highest BCUT2D eigenvalue weighted by Gasteiger charge is 2.11. The van der Waals surface area contributed by atoms with Crippen LogP contribution in [0.4, 0.5) is 0 Å². The summed E-state index contributed by atoms with van der Waals surface area (Å²) in [5.74, 6) is 0.819. The van der Waals surface area contributed by atoms with Gasteiger partial charge in [-0.25, -0.2) is 0 Å². The molecule has 0 amide bonds. The van der Waals surface area contributed by atoms with Gasteiger partial charge in [-0.15, -0.1) is 0 Å². The first kappa shape index (κ1) is 14.3. The zero-order chi connectivity index (χ0) is 14.7. The highest BCUT2D eigenvalue weighted by atomic mass is 127. The van der Waals surface area contributed by atoms with Crippen molar-refractivity contribution in [3.8, 4) is 5.75 Å². The summed E-state index contributed by atoms with van der Waals surface area (Å²) in [6, 6.07) is 16.0. The molecular formula is C16H15IN2O2. The minimum Gasteiger partial charge on any atom is -0.490 e. The van der Waals surface area contributed by atoms with Crippen molar-refractivity contribution < 1.29 is 9.47 Å². The van der Waals surface area contributed by atoms with Crippen molar-refractivity contribution in [3.05, 3.63) is 57.8 Å². The Balaban J connectivity index is 1.74. The van der Waals surface area contributed by atoms with Gasteiger partial charge in [0.25, 0.3) is 0 Å². The number of ether oxygens (including phenoxy) is 2. The first-order chi connectivity index (χ1) is 10.3. The third-order valence-corrected chi connectivity index (χ3v) is 4.16. The lowest BCUT2D eigenvalue weighted by atomic mass is 10.1. The van der Waals surface area contributed by atoms with Crippen molar-refractivity contribution in [1.29, 1.82) is 0 Å². The summed E-state index contributed by atoms with van der Waals surface area (Å²) in [5, 5.41) is 8.24. The topological polar surface area (TPSA) is 47.1 Å². The van der Waals surface area contributed by atoms with E-state index in [0.717, 1.165) is 25.9 Å². The summed E-state index contributed by atoms with van der Waals surface area (Å²) in [6.07, 6.45) is -0.0784. The fourth-order valence-electron chi connectivity index (χ4n) is 2.19. The van der Waals surface area contributed by atoms with Crippen molar-refractivity contribution in [3.63, 3.8) is 0 Å². The second-order valence-electron chi connectivity index (χ2n) is 4.66. The molecule has 4 nitrogen and oxygen atoms in total. The van der Waals surface area contributed by atoms with Gasteiger partial charge in [0.1, 0.15) is 22.2 Å². The molecule has 0 aliphatic heterocycles. The zero-order valence-corrected chi connectivity index (χ0v) is 13.7. The molecule has 0 saturated carbocycles. The lowest BCUT2D eigenvalue weighted by Gasteiger charge is -2.16. The number of methoxy groups -OCH3 is 1. The van der Waals surface area contributed by atoms with Crippen LogP contribution >= 0.6 is 22.6 Å².